The van der Waals surface area contributed by atoms with Crippen LogP contribution in [0.1, 0.15) is 35.3 Å². The first-order valence-corrected chi connectivity index (χ1v) is 13.1. The highest BCUT2D eigenvalue weighted by molar-refractivity contribution is 6.00. The minimum atomic E-state index is -0.352. The highest BCUT2D eigenvalue weighted by Crippen LogP contribution is 2.31. The molecule has 200 valence electrons. The molecule has 7 nitrogen and oxygen atoms in total. The first-order chi connectivity index (χ1) is 18.3. The maximum Gasteiger partial charge on any atom is 0.258 e. The summed E-state index contributed by atoms with van der Waals surface area (Å²) in [5.41, 5.74) is 3.04. The van der Waals surface area contributed by atoms with Gasteiger partial charge in [-0.05, 0) is 43.3 Å². The molecule has 0 aromatic heterocycles. The maximum atomic E-state index is 13.6. The van der Waals surface area contributed by atoms with Gasteiger partial charge in [-0.15, -0.1) is 0 Å². The van der Waals surface area contributed by atoms with Crippen LogP contribution >= 0.6 is 0 Å². The number of amides is 2. The van der Waals surface area contributed by atoms with Crippen molar-refractivity contribution in [2.75, 3.05) is 32.1 Å². The number of fused-ring (bicyclic) bond motifs is 1. The zero-order chi connectivity index (χ0) is 27.1. The predicted molar refractivity (Wildman–Crippen MR) is 149 cm³/mol. The molecule has 1 heterocycles. The minimum Gasteiger partial charge on any atom is -0.488 e. The van der Waals surface area contributed by atoms with E-state index in [1.807, 2.05) is 55.5 Å². The largest absolute Gasteiger partial charge is 0.488 e. The van der Waals surface area contributed by atoms with E-state index < -0.39 is 0 Å². The number of nitrogens with one attached hydrogen (secondary N) is 1. The van der Waals surface area contributed by atoms with E-state index in [9.17, 15) is 14.7 Å². The molecule has 2 N–H and O–H groups in total. The molecule has 2 amide bonds. The number of hydrogen-bond acceptors (Lipinski definition) is 5. The van der Waals surface area contributed by atoms with Crippen LogP contribution in [-0.2, 0) is 17.8 Å². The molecule has 7 heteroatoms. The quantitative estimate of drug-likeness (QED) is 0.446. The average Bonchev–Trinajstić information content (AvgIpc) is 2.91. The number of anilines is 1. The lowest BCUT2D eigenvalue weighted by Gasteiger charge is -2.38. The van der Waals surface area contributed by atoms with E-state index in [1.165, 1.54) is 5.56 Å². The second kappa shape index (κ2) is 12.7. The number of aliphatic hydroxyl groups is 1. The zero-order valence-electron chi connectivity index (χ0n) is 22.3. The van der Waals surface area contributed by atoms with Gasteiger partial charge >= 0.3 is 0 Å². The number of carbonyl (C=O) groups excluding carboxylic acids is 2. The van der Waals surface area contributed by atoms with Crippen LogP contribution in [0.15, 0.2) is 78.9 Å². The first-order valence-electron chi connectivity index (χ1n) is 13.1. The smallest absolute Gasteiger partial charge is 0.258 e. The topological polar surface area (TPSA) is 82.1 Å². The Morgan fingerprint density at radius 3 is 2.39 bits per heavy atom. The molecule has 0 aliphatic carbocycles. The van der Waals surface area contributed by atoms with Crippen LogP contribution in [0.4, 0.5) is 5.69 Å². The summed E-state index contributed by atoms with van der Waals surface area (Å²) in [6.07, 6.45) is 0.0612. The lowest BCUT2D eigenvalue weighted by Crippen LogP contribution is -2.49. The molecule has 0 saturated heterocycles. The summed E-state index contributed by atoms with van der Waals surface area (Å²) in [5, 5.41) is 12.8. The van der Waals surface area contributed by atoms with Gasteiger partial charge in [0.2, 0.25) is 5.91 Å². The lowest BCUT2D eigenvalue weighted by molar-refractivity contribution is -0.115. The van der Waals surface area contributed by atoms with Crippen LogP contribution in [-0.4, -0.2) is 65.6 Å². The van der Waals surface area contributed by atoms with Gasteiger partial charge in [0, 0.05) is 31.2 Å². The molecule has 0 bridgehead atoms. The molecule has 0 saturated carbocycles. The Hall–Kier alpha value is -3.68. The molecule has 3 aromatic carbocycles. The van der Waals surface area contributed by atoms with Crippen molar-refractivity contribution in [1.29, 1.82) is 0 Å². The molecule has 38 heavy (non-hydrogen) atoms. The van der Waals surface area contributed by atoms with Crippen molar-refractivity contribution in [2.24, 2.45) is 5.92 Å². The third-order valence-corrected chi connectivity index (χ3v) is 6.94. The highest BCUT2D eigenvalue weighted by atomic mass is 16.5. The Bertz CT molecular complexity index is 1220. The minimum absolute atomic E-state index is 0.0320. The monoisotopic (exact) mass is 515 g/mol. The van der Waals surface area contributed by atoms with Crippen molar-refractivity contribution in [1.82, 2.24) is 9.80 Å². The van der Waals surface area contributed by atoms with Crippen molar-refractivity contribution in [2.45, 2.75) is 39.0 Å². The lowest BCUT2D eigenvalue weighted by atomic mass is 9.99. The fourth-order valence-corrected chi connectivity index (χ4v) is 4.77. The second-order valence-electron chi connectivity index (χ2n) is 10.2. The fourth-order valence-electron chi connectivity index (χ4n) is 4.77. The van der Waals surface area contributed by atoms with Crippen LogP contribution in [0.5, 0.6) is 5.75 Å². The van der Waals surface area contributed by atoms with Crippen LogP contribution < -0.4 is 10.1 Å². The molecular formula is C31H37N3O4. The molecule has 0 radical (unpaired) electrons. The Morgan fingerprint density at radius 2 is 1.74 bits per heavy atom. The van der Waals surface area contributed by atoms with Crippen molar-refractivity contribution in [3.05, 3.63) is 95.6 Å². The van der Waals surface area contributed by atoms with Gasteiger partial charge < -0.3 is 20.1 Å². The number of carbonyl (C=O) groups is 2. The fraction of sp³-hybridized carbons (Fsp3) is 0.355. The molecule has 1 aliphatic heterocycles. The standard InChI is InChI=1S/C31H37N3O4/c1-22-18-34(23(2)21-35)31(37)27-17-26(32-30(36)16-24-10-6-4-7-11-24)14-15-28(27)38-29(22)20-33(3)19-25-12-8-5-9-13-25/h4-15,17,22-23,29,35H,16,18-21H2,1-3H3,(H,32,36)/t22-,23-,29+/m1/s1. The van der Waals surface area contributed by atoms with Crippen LogP contribution in [0.25, 0.3) is 0 Å². The number of aliphatic hydroxyl groups excluding tert-OH is 1. The van der Waals surface area contributed by atoms with Gasteiger partial charge in [0.25, 0.3) is 5.91 Å². The molecule has 3 aromatic rings. The SMILES string of the molecule is C[C@@H]1CN([C@H](C)CO)C(=O)c2cc(NC(=O)Cc3ccccc3)ccc2O[C@H]1CN(C)Cc1ccccc1. The van der Waals surface area contributed by atoms with E-state index in [0.717, 1.165) is 12.1 Å². The molecule has 0 spiro atoms. The van der Waals surface area contributed by atoms with Gasteiger partial charge in [0.05, 0.1) is 24.6 Å². The Labute approximate surface area is 225 Å². The van der Waals surface area contributed by atoms with Crippen molar-refractivity contribution >= 4 is 17.5 Å². The zero-order valence-corrected chi connectivity index (χ0v) is 22.3. The molecule has 0 unspecified atom stereocenters. The van der Waals surface area contributed by atoms with Crippen LogP contribution in [0.2, 0.25) is 0 Å². The Morgan fingerprint density at radius 1 is 1.08 bits per heavy atom. The molecule has 3 atom stereocenters. The second-order valence-corrected chi connectivity index (χ2v) is 10.2. The normalized spacial score (nSPS) is 18.2. The average molecular weight is 516 g/mol. The van der Waals surface area contributed by atoms with E-state index in [0.29, 0.717) is 30.1 Å². The maximum absolute atomic E-state index is 13.6. The number of benzene rings is 3. The summed E-state index contributed by atoms with van der Waals surface area (Å²) in [5.74, 6) is 0.133. The number of nitrogens with zero attached hydrogens (tertiary/aromatic N) is 2. The summed E-state index contributed by atoms with van der Waals surface area (Å²) in [6, 6.07) is 24.6. The van der Waals surface area contributed by atoms with E-state index in [4.69, 9.17) is 4.74 Å². The van der Waals surface area contributed by atoms with E-state index in [2.05, 4.69) is 36.3 Å². The van der Waals surface area contributed by atoms with Crippen molar-refractivity contribution < 1.29 is 19.4 Å². The number of rotatable bonds is 9. The number of likely N-dealkylation sites (N-methyl/N-ethyl adjacent to an activating group) is 1. The third kappa shape index (κ3) is 7.00. The summed E-state index contributed by atoms with van der Waals surface area (Å²) in [4.78, 5) is 30.2. The van der Waals surface area contributed by atoms with Gasteiger partial charge in [0.15, 0.2) is 0 Å². The van der Waals surface area contributed by atoms with Gasteiger partial charge in [-0.3, -0.25) is 14.5 Å². The predicted octanol–water partition coefficient (Wildman–Crippen LogP) is 4.22. The summed E-state index contributed by atoms with van der Waals surface area (Å²) < 4.78 is 6.48. The van der Waals surface area contributed by atoms with E-state index in [-0.39, 0.29) is 42.9 Å². The van der Waals surface area contributed by atoms with E-state index >= 15 is 0 Å². The number of ether oxygens (including phenoxy) is 1. The van der Waals surface area contributed by atoms with Gasteiger partial charge in [-0.1, -0.05) is 67.6 Å². The van der Waals surface area contributed by atoms with Crippen LogP contribution in [0.3, 0.4) is 0 Å². The molecular weight excluding hydrogens is 478 g/mol. The summed E-state index contributed by atoms with van der Waals surface area (Å²) >= 11 is 0. The van der Waals surface area contributed by atoms with E-state index in [1.54, 1.807) is 23.1 Å². The number of hydrogen-bond donors (Lipinski definition) is 2. The third-order valence-electron chi connectivity index (χ3n) is 6.94. The van der Waals surface area contributed by atoms with Gasteiger partial charge in [-0.2, -0.15) is 0 Å². The Kier molecular flexibility index (Phi) is 9.15. The highest BCUT2D eigenvalue weighted by Gasteiger charge is 2.33. The Balaban J connectivity index is 1.56. The van der Waals surface area contributed by atoms with Crippen LogP contribution in [0, 0.1) is 5.92 Å². The summed E-state index contributed by atoms with van der Waals surface area (Å²) in [6.45, 7) is 5.68. The summed E-state index contributed by atoms with van der Waals surface area (Å²) in [7, 11) is 2.06. The first kappa shape index (κ1) is 27.4. The van der Waals surface area contributed by atoms with Gasteiger partial charge in [-0.25, -0.2) is 0 Å². The molecule has 1 aliphatic rings. The molecule has 4 rings (SSSR count). The van der Waals surface area contributed by atoms with Crippen molar-refractivity contribution in [3.63, 3.8) is 0 Å². The van der Waals surface area contributed by atoms with Gasteiger partial charge in [0.1, 0.15) is 11.9 Å². The van der Waals surface area contributed by atoms with Crippen molar-refractivity contribution in [3.8, 4) is 5.75 Å². The molecule has 0 fully saturated rings.